The zero-order valence-electron chi connectivity index (χ0n) is 16.5. The average molecular weight is 482 g/mol. The van der Waals surface area contributed by atoms with E-state index in [2.05, 4.69) is 25.7 Å². The molecule has 30 heavy (non-hydrogen) atoms. The second-order valence-corrected chi connectivity index (χ2v) is 11.4. The molecule has 1 aliphatic heterocycles. The lowest BCUT2D eigenvalue weighted by Crippen LogP contribution is -2.64. The van der Waals surface area contributed by atoms with Crippen LogP contribution in [0, 0.1) is 10.9 Å². The molecule has 2 heterocycles. The molecular formula is C18H26ClF2N5O2S2. The average Bonchev–Trinajstić information content (AvgIpc) is 3.05. The SMILES string of the molecule is C[SH](=O)(Nc1ncc(F)s1)c1cc(Cl)c(NCCCCNCC2(O)CNC2)cc1F. The lowest BCUT2D eigenvalue weighted by atomic mass is 9.97. The minimum atomic E-state index is -3.38. The molecule has 0 unspecified atom stereocenters. The van der Waals surface area contributed by atoms with Crippen molar-refractivity contribution >= 4 is 43.9 Å². The first-order valence-electron chi connectivity index (χ1n) is 9.53. The van der Waals surface area contributed by atoms with Crippen LogP contribution in [0.3, 0.4) is 0 Å². The molecule has 0 atom stereocenters. The maximum atomic E-state index is 14.6. The summed E-state index contributed by atoms with van der Waals surface area (Å²) >= 11 is 6.95. The van der Waals surface area contributed by atoms with E-state index in [0.717, 1.165) is 25.6 Å². The van der Waals surface area contributed by atoms with Gasteiger partial charge in [-0.2, -0.15) is 4.39 Å². The van der Waals surface area contributed by atoms with E-state index in [9.17, 15) is 18.1 Å². The highest BCUT2D eigenvalue weighted by molar-refractivity contribution is 8.03. The summed E-state index contributed by atoms with van der Waals surface area (Å²) in [5, 5.41) is 19.1. The summed E-state index contributed by atoms with van der Waals surface area (Å²) in [7, 11) is -3.38. The Morgan fingerprint density at radius 3 is 2.70 bits per heavy atom. The van der Waals surface area contributed by atoms with Crippen molar-refractivity contribution in [3.63, 3.8) is 0 Å². The number of halogens is 3. The van der Waals surface area contributed by atoms with Crippen molar-refractivity contribution in [1.82, 2.24) is 15.6 Å². The van der Waals surface area contributed by atoms with Gasteiger partial charge in [-0.25, -0.2) is 9.37 Å². The Morgan fingerprint density at radius 1 is 1.33 bits per heavy atom. The molecule has 1 aliphatic rings. The number of benzene rings is 1. The van der Waals surface area contributed by atoms with Crippen LogP contribution in [0.5, 0.6) is 0 Å². The van der Waals surface area contributed by atoms with Crippen molar-refractivity contribution in [2.24, 2.45) is 0 Å². The number of thiol groups is 1. The molecule has 1 saturated heterocycles. The molecule has 0 bridgehead atoms. The van der Waals surface area contributed by atoms with Gasteiger partial charge in [-0.1, -0.05) is 22.9 Å². The van der Waals surface area contributed by atoms with Gasteiger partial charge in [0, 0.05) is 32.4 Å². The molecule has 0 aliphatic carbocycles. The van der Waals surface area contributed by atoms with Crippen LogP contribution in [0.25, 0.3) is 0 Å². The summed E-state index contributed by atoms with van der Waals surface area (Å²) in [5.74, 6) is -0.665. The summed E-state index contributed by atoms with van der Waals surface area (Å²) in [5.41, 5.74) is -0.215. The Labute approximate surface area is 184 Å². The number of hydrogen-bond donors (Lipinski definition) is 6. The van der Waals surface area contributed by atoms with Gasteiger partial charge < -0.3 is 21.1 Å². The highest BCUT2D eigenvalue weighted by atomic mass is 35.5. The summed E-state index contributed by atoms with van der Waals surface area (Å²) in [6, 6.07) is 2.54. The first kappa shape index (κ1) is 23.3. The molecule has 2 aromatic rings. The number of hydrogen-bond acceptors (Lipinski definition) is 7. The van der Waals surface area contributed by atoms with E-state index in [1.165, 1.54) is 18.4 Å². The van der Waals surface area contributed by atoms with Gasteiger partial charge in [-0.15, -0.1) is 0 Å². The third-order valence-electron chi connectivity index (χ3n) is 4.74. The Bertz CT molecular complexity index is 926. The highest BCUT2D eigenvalue weighted by Gasteiger charge is 2.33. The van der Waals surface area contributed by atoms with E-state index in [1.54, 1.807) is 0 Å². The van der Waals surface area contributed by atoms with Crippen LogP contribution in [-0.4, -0.2) is 58.9 Å². The number of aromatic nitrogens is 1. The molecule has 3 rings (SSSR count). The van der Waals surface area contributed by atoms with Gasteiger partial charge in [0.2, 0.25) is 0 Å². The Morgan fingerprint density at radius 2 is 2.07 bits per heavy atom. The van der Waals surface area contributed by atoms with E-state index in [1.807, 2.05) is 0 Å². The zero-order valence-corrected chi connectivity index (χ0v) is 18.9. The van der Waals surface area contributed by atoms with Gasteiger partial charge in [0.25, 0.3) is 0 Å². The Hall–Kier alpha value is -1.37. The molecule has 0 saturated carbocycles. The van der Waals surface area contributed by atoms with Crippen LogP contribution in [-0.2, 0) is 10.1 Å². The van der Waals surface area contributed by atoms with Crippen molar-refractivity contribution in [3.8, 4) is 0 Å². The number of aliphatic hydroxyl groups is 1. The normalized spacial score (nSPS) is 16.2. The lowest BCUT2D eigenvalue weighted by Gasteiger charge is -2.37. The minimum absolute atomic E-state index is 0.0683. The third kappa shape index (κ3) is 6.08. The first-order chi connectivity index (χ1) is 14.2. The van der Waals surface area contributed by atoms with E-state index in [4.69, 9.17) is 11.6 Å². The van der Waals surface area contributed by atoms with Gasteiger partial charge in [0.15, 0.2) is 10.3 Å². The molecule has 168 valence electrons. The smallest absolute Gasteiger partial charge is 0.198 e. The van der Waals surface area contributed by atoms with Crippen molar-refractivity contribution in [1.29, 1.82) is 0 Å². The maximum absolute atomic E-state index is 14.6. The van der Waals surface area contributed by atoms with Gasteiger partial charge >= 0.3 is 0 Å². The van der Waals surface area contributed by atoms with Crippen LogP contribution in [0.1, 0.15) is 12.8 Å². The van der Waals surface area contributed by atoms with Crippen molar-refractivity contribution in [2.75, 3.05) is 49.0 Å². The third-order valence-corrected chi connectivity index (χ3v) is 7.81. The fourth-order valence-electron chi connectivity index (χ4n) is 3.01. The second kappa shape index (κ2) is 9.84. The quantitative estimate of drug-likeness (QED) is 0.217. The minimum Gasteiger partial charge on any atom is -0.386 e. The molecule has 1 aromatic heterocycles. The number of unbranched alkanes of at least 4 members (excludes halogenated alkanes) is 1. The molecule has 1 fully saturated rings. The Kier molecular flexibility index (Phi) is 7.64. The first-order valence-corrected chi connectivity index (χ1v) is 12.9. The van der Waals surface area contributed by atoms with E-state index in [-0.39, 0.29) is 15.0 Å². The molecule has 7 nitrogen and oxygen atoms in total. The molecule has 0 spiro atoms. The summed E-state index contributed by atoms with van der Waals surface area (Å²) in [6.45, 7) is 3.15. The summed E-state index contributed by atoms with van der Waals surface area (Å²) in [4.78, 5) is 3.69. The lowest BCUT2D eigenvalue weighted by molar-refractivity contribution is -0.00822. The maximum Gasteiger partial charge on any atom is 0.198 e. The van der Waals surface area contributed by atoms with Crippen molar-refractivity contribution < 1.29 is 18.1 Å². The van der Waals surface area contributed by atoms with Crippen LogP contribution in [0.4, 0.5) is 19.6 Å². The molecule has 5 N–H and O–H groups in total. The standard InChI is InChI=1S/C18H26ClF2N5O2S2/c1-30(28,26-17-25-8-16(21)29-17)15-6-12(19)14(7-13(15)20)24-5-3-2-4-22-9-18(27)10-23-11-18/h6-8,22-24,27,30H,2-5,9-11H2,1H3,(H,25,26,28). The summed E-state index contributed by atoms with van der Waals surface area (Å²) in [6.07, 6.45) is 4.06. The number of rotatable bonds is 11. The van der Waals surface area contributed by atoms with E-state index in [0.29, 0.717) is 43.2 Å². The van der Waals surface area contributed by atoms with Crippen LogP contribution < -0.4 is 20.7 Å². The van der Waals surface area contributed by atoms with Crippen molar-refractivity contribution in [2.45, 2.75) is 23.3 Å². The van der Waals surface area contributed by atoms with Crippen LogP contribution in [0.2, 0.25) is 5.02 Å². The number of nitrogens with zero attached hydrogens (tertiary/aromatic N) is 1. The van der Waals surface area contributed by atoms with E-state index < -0.39 is 26.7 Å². The number of nitrogens with one attached hydrogen (secondary N) is 4. The van der Waals surface area contributed by atoms with Gasteiger partial charge in [-0.3, -0.25) is 8.93 Å². The van der Waals surface area contributed by atoms with Gasteiger partial charge in [0.05, 0.1) is 21.8 Å². The fraction of sp³-hybridized carbons (Fsp3) is 0.500. The summed E-state index contributed by atoms with van der Waals surface area (Å²) < 4.78 is 43.2. The molecule has 1 aromatic carbocycles. The largest absolute Gasteiger partial charge is 0.386 e. The molecular weight excluding hydrogens is 456 g/mol. The van der Waals surface area contributed by atoms with Crippen LogP contribution in [0.15, 0.2) is 23.2 Å². The molecule has 0 amide bonds. The predicted molar refractivity (Wildman–Crippen MR) is 119 cm³/mol. The molecule has 12 heteroatoms. The Balaban J connectivity index is 1.48. The zero-order chi connectivity index (χ0) is 21.8. The highest BCUT2D eigenvalue weighted by Crippen LogP contribution is 2.32. The van der Waals surface area contributed by atoms with Crippen LogP contribution >= 0.6 is 22.9 Å². The number of thiazole rings is 1. The fourth-order valence-corrected chi connectivity index (χ4v) is 5.80. The topological polar surface area (TPSA) is 98.3 Å². The van der Waals surface area contributed by atoms with Gasteiger partial charge in [-0.05, 0) is 41.6 Å². The molecule has 0 radical (unpaired) electrons. The van der Waals surface area contributed by atoms with E-state index >= 15 is 0 Å². The second-order valence-electron chi connectivity index (χ2n) is 7.43. The number of anilines is 2. The number of β-amino-alcohol motifs (C(OH)–C–C–N with tert-alkyl or cyclic N) is 1. The monoisotopic (exact) mass is 481 g/mol. The predicted octanol–water partition coefficient (Wildman–Crippen LogP) is 2.22. The van der Waals surface area contributed by atoms with Crippen molar-refractivity contribution in [3.05, 3.63) is 34.3 Å². The van der Waals surface area contributed by atoms with Gasteiger partial charge in [0.1, 0.15) is 11.4 Å².